The number of imidazole rings is 1. The Bertz CT molecular complexity index is 781. The van der Waals surface area contributed by atoms with Crippen LogP contribution in [0.3, 0.4) is 0 Å². The molecule has 0 unspecified atom stereocenters. The summed E-state index contributed by atoms with van der Waals surface area (Å²) in [5.74, 6) is 1.23. The van der Waals surface area contributed by atoms with E-state index in [0.29, 0.717) is 30.2 Å². The number of fused-ring (bicyclic) bond motifs is 1. The number of rotatable bonds is 6. The van der Waals surface area contributed by atoms with Gasteiger partial charge in [0.05, 0.1) is 12.8 Å². The predicted octanol–water partition coefficient (Wildman–Crippen LogP) is 2.49. The lowest BCUT2D eigenvalue weighted by atomic mass is 10.2. The van der Waals surface area contributed by atoms with Gasteiger partial charge in [0, 0.05) is 18.9 Å². The van der Waals surface area contributed by atoms with Gasteiger partial charge in [-0.05, 0) is 29.8 Å². The second-order valence-corrected chi connectivity index (χ2v) is 4.62. The van der Waals surface area contributed by atoms with Crippen LogP contribution in [0.25, 0.3) is 5.65 Å². The van der Waals surface area contributed by atoms with Crippen molar-refractivity contribution in [3.8, 4) is 11.6 Å². The molecule has 112 valence electrons. The molecule has 2 heterocycles. The van der Waals surface area contributed by atoms with Crippen LogP contribution in [-0.4, -0.2) is 23.0 Å². The molecule has 0 bridgehead atoms. The minimum absolute atomic E-state index is 0.410. The summed E-state index contributed by atoms with van der Waals surface area (Å²) in [6.07, 6.45) is 3.40. The second kappa shape index (κ2) is 6.17. The Morgan fingerprint density at radius 2 is 2.05 bits per heavy atom. The standard InChI is InChI=1S/C16H15N3O3/c1-21-13-4-2-12(3-5-13)10-18-14-6-7-15-17-8-9-19(15)16(14)22-11-20/h2-9,11,18H,10H2,1H3. The zero-order chi connectivity index (χ0) is 15.4. The first-order valence-electron chi connectivity index (χ1n) is 6.75. The molecular formula is C16H15N3O3. The lowest BCUT2D eigenvalue weighted by Crippen LogP contribution is -2.05. The normalized spacial score (nSPS) is 10.4. The monoisotopic (exact) mass is 297 g/mol. The fourth-order valence-electron chi connectivity index (χ4n) is 2.21. The van der Waals surface area contributed by atoms with Gasteiger partial charge in [-0.2, -0.15) is 0 Å². The highest BCUT2D eigenvalue weighted by atomic mass is 16.5. The number of carbonyl (C=O) groups excluding carboxylic acids is 1. The third-order valence-corrected chi connectivity index (χ3v) is 3.32. The van der Waals surface area contributed by atoms with Crippen molar-refractivity contribution in [2.45, 2.75) is 6.54 Å². The molecule has 2 aromatic heterocycles. The maximum atomic E-state index is 10.7. The molecule has 3 rings (SSSR count). The van der Waals surface area contributed by atoms with E-state index >= 15 is 0 Å². The van der Waals surface area contributed by atoms with Crippen molar-refractivity contribution in [3.63, 3.8) is 0 Å². The summed E-state index contributed by atoms with van der Waals surface area (Å²) < 4.78 is 11.9. The van der Waals surface area contributed by atoms with Gasteiger partial charge in [0.1, 0.15) is 11.4 Å². The minimum Gasteiger partial charge on any atom is -0.497 e. The van der Waals surface area contributed by atoms with Gasteiger partial charge in [-0.25, -0.2) is 4.98 Å². The van der Waals surface area contributed by atoms with Gasteiger partial charge < -0.3 is 14.8 Å². The van der Waals surface area contributed by atoms with Crippen LogP contribution in [0.5, 0.6) is 11.6 Å². The van der Waals surface area contributed by atoms with Gasteiger partial charge in [0.15, 0.2) is 0 Å². The lowest BCUT2D eigenvalue weighted by molar-refractivity contribution is -0.120. The Kier molecular flexibility index (Phi) is 3.91. The van der Waals surface area contributed by atoms with Crippen LogP contribution in [0.1, 0.15) is 5.56 Å². The Balaban J connectivity index is 1.82. The summed E-state index contributed by atoms with van der Waals surface area (Å²) in [5.41, 5.74) is 2.52. The van der Waals surface area contributed by atoms with E-state index in [4.69, 9.17) is 9.47 Å². The van der Waals surface area contributed by atoms with E-state index in [-0.39, 0.29) is 0 Å². The smallest absolute Gasteiger partial charge is 0.299 e. The second-order valence-electron chi connectivity index (χ2n) is 4.62. The third-order valence-electron chi connectivity index (χ3n) is 3.32. The molecule has 0 saturated carbocycles. The molecule has 1 N–H and O–H groups in total. The van der Waals surface area contributed by atoms with Crippen molar-refractivity contribution in [3.05, 3.63) is 54.4 Å². The number of hydrogen-bond donors (Lipinski definition) is 1. The molecule has 3 aromatic rings. The third kappa shape index (κ3) is 2.71. The van der Waals surface area contributed by atoms with Crippen molar-refractivity contribution in [2.75, 3.05) is 12.4 Å². The molecule has 0 radical (unpaired) electrons. The molecule has 0 spiro atoms. The number of ether oxygens (including phenoxy) is 2. The van der Waals surface area contributed by atoms with E-state index in [9.17, 15) is 4.79 Å². The molecule has 0 fully saturated rings. The SMILES string of the molecule is COc1ccc(CNc2ccc3nccn3c2OC=O)cc1. The number of nitrogens with zero attached hydrogens (tertiary/aromatic N) is 2. The molecule has 0 aliphatic carbocycles. The van der Waals surface area contributed by atoms with Crippen molar-refractivity contribution in [1.29, 1.82) is 0 Å². The number of aromatic nitrogens is 2. The molecule has 0 atom stereocenters. The van der Waals surface area contributed by atoms with Crippen LogP contribution in [0.15, 0.2) is 48.8 Å². The summed E-state index contributed by atoms with van der Waals surface area (Å²) >= 11 is 0. The lowest BCUT2D eigenvalue weighted by Gasteiger charge is -2.12. The number of nitrogens with one attached hydrogen (secondary N) is 1. The molecular weight excluding hydrogens is 282 g/mol. The van der Waals surface area contributed by atoms with Crippen LogP contribution >= 0.6 is 0 Å². The molecule has 0 amide bonds. The fraction of sp³-hybridized carbons (Fsp3) is 0.125. The summed E-state index contributed by atoms with van der Waals surface area (Å²) in [7, 11) is 1.64. The number of benzene rings is 1. The highest BCUT2D eigenvalue weighted by Gasteiger charge is 2.09. The van der Waals surface area contributed by atoms with Gasteiger partial charge in [0.2, 0.25) is 5.88 Å². The van der Waals surface area contributed by atoms with Gasteiger partial charge in [-0.1, -0.05) is 12.1 Å². The van der Waals surface area contributed by atoms with Crippen molar-refractivity contribution >= 4 is 17.8 Å². The topological polar surface area (TPSA) is 64.9 Å². The number of hydrogen-bond acceptors (Lipinski definition) is 5. The summed E-state index contributed by atoms with van der Waals surface area (Å²) in [5, 5.41) is 3.26. The highest BCUT2D eigenvalue weighted by molar-refractivity contribution is 5.63. The number of pyridine rings is 1. The van der Waals surface area contributed by atoms with Crippen molar-refractivity contribution in [1.82, 2.24) is 9.38 Å². The Hall–Kier alpha value is -3.02. The molecule has 1 aromatic carbocycles. The molecule has 0 aliphatic heterocycles. The first kappa shape index (κ1) is 13.9. The van der Waals surface area contributed by atoms with E-state index in [2.05, 4.69) is 10.3 Å². The first-order chi connectivity index (χ1) is 10.8. The Morgan fingerprint density at radius 3 is 2.77 bits per heavy atom. The molecule has 6 nitrogen and oxygen atoms in total. The van der Waals surface area contributed by atoms with E-state index in [1.807, 2.05) is 36.4 Å². The first-order valence-corrected chi connectivity index (χ1v) is 6.75. The highest BCUT2D eigenvalue weighted by Crippen LogP contribution is 2.26. The van der Waals surface area contributed by atoms with Crippen molar-refractivity contribution in [2.24, 2.45) is 0 Å². The van der Waals surface area contributed by atoms with Crippen LogP contribution < -0.4 is 14.8 Å². The molecule has 0 aliphatic rings. The van der Waals surface area contributed by atoms with Gasteiger partial charge in [-0.3, -0.25) is 9.20 Å². The van der Waals surface area contributed by atoms with Crippen LogP contribution in [0, 0.1) is 0 Å². The largest absolute Gasteiger partial charge is 0.497 e. The number of carbonyl (C=O) groups is 1. The molecule has 0 saturated heterocycles. The summed E-state index contributed by atoms with van der Waals surface area (Å²) in [6.45, 7) is 1.01. The zero-order valence-corrected chi connectivity index (χ0v) is 12.0. The number of anilines is 1. The van der Waals surface area contributed by atoms with E-state index in [1.165, 1.54) is 0 Å². The van der Waals surface area contributed by atoms with Crippen LogP contribution in [0.2, 0.25) is 0 Å². The van der Waals surface area contributed by atoms with Crippen molar-refractivity contribution < 1.29 is 14.3 Å². The maximum absolute atomic E-state index is 10.7. The summed E-state index contributed by atoms with van der Waals surface area (Å²) in [6, 6.07) is 11.4. The van der Waals surface area contributed by atoms with E-state index in [1.54, 1.807) is 23.9 Å². The average molecular weight is 297 g/mol. The van der Waals surface area contributed by atoms with Gasteiger partial charge in [-0.15, -0.1) is 0 Å². The summed E-state index contributed by atoms with van der Waals surface area (Å²) in [4.78, 5) is 14.9. The van der Waals surface area contributed by atoms with E-state index < -0.39 is 0 Å². The van der Waals surface area contributed by atoms with Crippen LogP contribution in [0.4, 0.5) is 5.69 Å². The zero-order valence-electron chi connectivity index (χ0n) is 12.0. The van der Waals surface area contributed by atoms with E-state index in [0.717, 1.165) is 11.3 Å². The molecule has 6 heteroatoms. The average Bonchev–Trinajstić information content (AvgIpc) is 3.03. The Labute approximate surface area is 127 Å². The minimum atomic E-state index is 0.410. The Morgan fingerprint density at radius 1 is 1.23 bits per heavy atom. The van der Waals surface area contributed by atoms with Gasteiger partial charge in [0.25, 0.3) is 6.47 Å². The maximum Gasteiger partial charge on any atom is 0.299 e. The predicted molar refractivity (Wildman–Crippen MR) is 82.2 cm³/mol. The van der Waals surface area contributed by atoms with Crippen LogP contribution in [-0.2, 0) is 11.3 Å². The quantitative estimate of drug-likeness (QED) is 0.708. The fourth-order valence-corrected chi connectivity index (χ4v) is 2.21. The number of methoxy groups -OCH3 is 1. The molecule has 22 heavy (non-hydrogen) atoms. The van der Waals surface area contributed by atoms with Gasteiger partial charge >= 0.3 is 0 Å².